The van der Waals surface area contributed by atoms with Crippen molar-refractivity contribution < 1.29 is 0 Å². The molecule has 0 aromatic heterocycles. The van der Waals surface area contributed by atoms with Crippen molar-refractivity contribution in [1.29, 1.82) is 0 Å². The predicted octanol–water partition coefficient (Wildman–Crippen LogP) is -1.56. The summed E-state index contributed by atoms with van der Waals surface area (Å²) >= 11 is 0. The predicted molar refractivity (Wildman–Crippen MR) is 78.2 cm³/mol. The normalized spacial score (nSPS) is 10.6. The van der Waals surface area contributed by atoms with Gasteiger partial charge in [-0.3, -0.25) is 0 Å². The molecule has 0 aliphatic rings. The largest absolute Gasteiger partial charge is 0.327 e. The molecule has 1 rings (SSSR count). The first-order chi connectivity index (χ1) is 8.58. The Bertz CT molecular complexity index is 470. The average Bonchev–Trinajstić information content (AvgIpc) is 2.37. The van der Waals surface area contributed by atoms with E-state index in [9.17, 15) is 0 Å². The fraction of sp³-hybridized carbons (Fsp3) is 0.429. The van der Waals surface area contributed by atoms with Crippen molar-refractivity contribution in [2.24, 2.45) is 22.9 Å². The molecule has 0 atom stereocenters. The lowest BCUT2D eigenvalue weighted by molar-refractivity contribution is 1.11. The van der Waals surface area contributed by atoms with E-state index in [1.54, 1.807) is 0 Å². The molecule has 4 nitrogen and oxygen atoms in total. The van der Waals surface area contributed by atoms with Crippen LogP contribution in [0.15, 0.2) is 12.1 Å². The van der Waals surface area contributed by atoms with Gasteiger partial charge in [-0.1, -0.05) is 12.1 Å². The second kappa shape index (κ2) is 6.66. The molecule has 1 aromatic rings. The van der Waals surface area contributed by atoms with Crippen LogP contribution in [0.1, 0.15) is 11.1 Å². The Balaban J connectivity index is 3.66. The quantitative estimate of drug-likeness (QED) is 0.517. The van der Waals surface area contributed by atoms with Gasteiger partial charge in [-0.05, 0) is 46.6 Å². The van der Waals surface area contributed by atoms with E-state index in [-0.39, 0.29) is 0 Å². The third kappa shape index (κ3) is 2.97. The third-order valence-electron chi connectivity index (χ3n) is 3.32. The van der Waals surface area contributed by atoms with Gasteiger partial charge in [0, 0.05) is 26.2 Å². The monoisotopic (exact) mass is 248 g/mol. The van der Waals surface area contributed by atoms with Crippen LogP contribution >= 0.6 is 0 Å². The fourth-order valence-corrected chi connectivity index (χ4v) is 2.18. The van der Waals surface area contributed by atoms with Gasteiger partial charge in [0.25, 0.3) is 0 Å². The first-order valence-corrected chi connectivity index (χ1v) is 6.20. The van der Waals surface area contributed by atoms with Crippen molar-refractivity contribution in [3.63, 3.8) is 0 Å². The lowest BCUT2D eigenvalue weighted by atomic mass is 10.00. The number of aryl methyl sites for hydroxylation is 2. The van der Waals surface area contributed by atoms with E-state index in [0.717, 1.165) is 21.6 Å². The van der Waals surface area contributed by atoms with Gasteiger partial charge in [-0.15, -0.1) is 0 Å². The van der Waals surface area contributed by atoms with E-state index in [4.69, 9.17) is 22.9 Å². The number of hydrogen-bond donors (Lipinski definition) is 4. The van der Waals surface area contributed by atoms with Crippen molar-refractivity contribution in [3.8, 4) is 0 Å². The van der Waals surface area contributed by atoms with Crippen molar-refractivity contribution in [2.75, 3.05) is 26.2 Å². The smallest absolute Gasteiger partial charge is 0.0158 e. The maximum atomic E-state index is 5.72. The first kappa shape index (κ1) is 14.9. The fourth-order valence-electron chi connectivity index (χ4n) is 2.18. The van der Waals surface area contributed by atoms with E-state index in [1.807, 2.05) is 0 Å². The highest BCUT2D eigenvalue weighted by Crippen LogP contribution is 1.96. The van der Waals surface area contributed by atoms with Crippen LogP contribution in [0.2, 0.25) is 0 Å². The van der Waals surface area contributed by atoms with Gasteiger partial charge in [0.1, 0.15) is 0 Å². The van der Waals surface area contributed by atoms with Crippen LogP contribution in [0.25, 0.3) is 11.1 Å². The molecule has 0 fully saturated rings. The third-order valence-corrected chi connectivity index (χ3v) is 3.32. The van der Waals surface area contributed by atoms with Gasteiger partial charge in [-0.2, -0.15) is 0 Å². The highest BCUT2D eigenvalue weighted by molar-refractivity contribution is 5.54. The zero-order valence-electron chi connectivity index (χ0n) is 11.3. The van der Waals surface area contributed by atoms with Crippen LogP contribution in [0.3, 0.4) is 0 Å². The Labute approximate surface area is 108 Å². The average molecular weight is 248 g/mol. The summed E-state index contributed by atoms with van der Waals surface area (Å²) < 4.78 is 0. The maximum Gasteiger partial charge on any atom is 0.0158 e. The molecule has 0 heterocycles. The summed E-state index contributed by atoms with van der Waals surface area (Å²) in [6.45, 7) is 6.07. The molecule has 0 saturated carbocycles. The van der Waals surface area contributed by atoms with Crippen LogP contribution in [0.4, 0.5) is 0 Å². The summed E-state index contributed by atoms with van der Waals surface area (Å²) in [4.78, 5) is 0. The summed E-state index contributed by atoms with van der Waals surface area (Å²) in [5.74, 6) is 0. The van der Waals surface area contributed by atoms with E-state index in [0.29, 0.717) is 26.2 Å². The van der Waals surface area contributed by atoms with E-state index in [1.165, 1.54) is 11.1 Å². The van der Waals surface area contributed by atoms with Gasteiger partial charge >= 0.3 is 0 Å². The first-order valence-electron chi connectivity index (χ1n) is 6.20. The molecule has 100 valence electrons. The van der Waals surface area contributed by atoms with Gasteiger partial charge in [0.2, 0.25) is 0 Å². The standard InChI is InChI=1S/C14H24N4/c1-9-3-14(12(7-17)8-18)10(2)4-13(9)11(5-15)6-16/h3-4H,5-8,15-18H2,1-2H3. The lowest BCUT2D eigenvalue weighted by Crippen LogP contribution is -2.28. The molecule has 0 spiro atoms. The highest BCUT2D eigenvalue weighted by Gasteiger charge is 2.02. The summed E-state index contributed by atoms with van der Waals surface area (Å²) in [5, 5.41) is 2.30. The zero-order chi connectivity index (χ0) is 13.7. The Morgan fingerprint density at radius 3 is 1.22 bits per heavy atom. The zero-order valence-corrected chi connectivity index (χ0v) is 11.3. The summed E-state index contributed by atoms with van der Waals surface area (Å²) in [6, 6.07) is 4.26. The second-order valence-electron chi connectivity index (χ2n) is 4.51. The molecule has 0 aliphatic carbocycles. The maximum absolute atomic E-state index is 5.72. The van der Waals surface area contributed by atoms with E-state index in [2.05, 4.69) is 26.0 Å². The molecule has 0 amide bonds. The topological polar surface area (TPSA) is 104 Å². The SMILES string of the molecule is Cc1cc(=C(CN)CN)c(C)cc1=C(CN)CN. The van der Waals surface area contributed by atoms with Crippen molar-refractivity contribution in [3.05, 3.63) is 33.7 Å². The van der Waals surface area contributed by atoms with Gasteiger partial charge in [-0.25, -0.2) is 0 Å². The van der Waals surface area contributed by atoms with E-state index < -0.39 is 0 Å². The number of nitrogens with two attached hydrogens (primary N) is 4. The molecule has 0 bridgehead atoms. The van der Waals surface area contributed by atoms with Crippen LogP contribution in [-0.2, 0) is 0 Å². The van der Waals surface area contributed by atoms with Gasteiger partial charge < -0.3 is 22.9 Å². The second-order valence-corrected chi connectivity index (χ2v) is 4.51. The summed E-state index contributed by atoms with van der Waals surface area (Å²) in [6.07, 6.45) is 0. The molecular formula is C14H24N4. The molecule has 0 aliphatic heterocycles. The van der Waals surface area contributed by atoms with Crippen LogP contribution in [0.5, 0.6) is 0 Å². The lowest BCUT2D eigenvalue weighted by Gasteiger charge is -2.08. The molecule has 0 unspecified atom stereocenters. The Kier molecular flexibility index (Phi) is 5.50. The minimum atomic E-state index is 0.487. The molecule has 18 heavy (non-hydrogen) atoms. The number of hydrogen-bond acceptors (Lipinski definition) is 4. The minimum Gasteiger partial charge on any atom is -0.327 e. The van der Waals surface area contributed by atoms with Crippen molar-refractivity contribution in [2.45, 2.75) is 13.8 Å². The Morgan fingerprint density at radius 1 is 0.722 bits per heavy atom. The number of benzene rings is 1. The summed E-state index contributed by atoms with van der Waals surface area (Å²) in [5.41, 5.74) is 27.4. The molecule has 1 aromatic carbocycles. The number of rotatable bonds is 4. The molecule has 0 radical (unpaired) electrons. The van der Waals surface area contributed by atoms with E-state index >= 15 is 0 Å². The molecular weight excluding hydrogens is 224 g/mol. The van der Waals surface area contributed by atoms with Gasteiger partial charge in [0.05, 0.1) is 0 Å². The Morgan fingerprint density at radius 2 is 1.00 bits per heavy atom. The highest BCUT2D eigenvalue weighted by atomic mass is 14.6. The minimum absolute atomic E-state index is 0.487. The molecule has 0 saturated heterocycles. The summed E-state index contributed by atoms with van der Waals surface area (Å²) in [7, 11) is 0. The van der Waals surface area contributed by atoms with Crippen molar-refractivity contribution >= 4 is 11.1 Å². The van der Waals surface area contributed by atoms with Crippen molar-refractivity contribution in [1.82, 2.24) is 0 Å². The van der Waals surface area contributed by atoms with Crippen LogP contribution < -0.4 is 33.4 Å². The Hall–Kier alpha value is -1.20. The van der Waals surface area contributed by atoms with Crippen LogP contribution in [-0.4, -0.2) is 26.2 Å². The molecule has 8 N–H and O–H groups in total. The molecule has 4 heteroatoms. The van der Waals surface area contributed by atoms with Gasteiger partial charge in [0.15, 0.2) is 0 Å². The van der Waals surface area contributed by atoms with Crippen LogP contribution in [0, 0.1) is 13.8 Å².